The summed E-state index contributed by atoms with van der Waals surface area (Å²) >= 11 is 5.93. The van der Waals surface area contributed by atoms with E-state index in [0.717, 1.165) is 30.2 Å². The number of H-pyrrole nitrogens is 1. The van der Waals surface area contributed by atoms with Crippen LogP contribution in [0.15, 0.2) is 6.20 Å². The van der Waals surface area contributed by atoms with Crippen molar-refractivity contribution in [3.63, 3.8) is 0 Å². The maximum absolute atomic E-state index is 5.93. The molecule has 1 saturated carbocycles. The van der Waals surface area contributed by atoms with Crippen LogP contribution in [0, 0.1) is 0 Å². The van der Waals surface area contributed by atoms with E-state index in [1.165, 1.54) is 19.4 Å². The highest BCUT2D eigenvalue weighted by Gasteiger charge is 2.34. The molecule has 100 valence electrons. The lowest BCUT2D eigenvalue weighted by Gasteiger charge is -2.16. The number of hydrogen-bond donors (Lipinski definition) is 2. The van der Waals surface area contributed by atoms with Crippen LogP contribution >= 0.6 is 11.6 Å². The Bertz CT molecular complexity index is 607. The molecule has 2 aromatic heterocycles. The predicted octanol–water partition coefficient (Wildman–Crippen LogP) is 1.65. The van der Waals surface area contributed by atoms with Gasteiger partial charge in [0.15, 0.2) is 5.65 Å². The van der Waals surface area contributed by atoms with Crippen LogP contribution in [0.4, 0.5) is 5.82 Å². The van der Waals surface area contributed by atoms with Crippen molar-refractivity contribution in [3.05, 3.63) is 11.5 Å². The zero-order chi connectivity index (χ0) is 12.8. The molecule has 6 nitrogen and oxygen atoms in total. The van der Waals surface area contributed by atoms with Gasteiger partial charge in [-0.05, 0) is 30.9 Å². The largest absolute Gasteiger partial charge is 0.365 e. The third kappa shape index (κ3) is 2.15. The van der Waals surface area contributed by atoms with Crippen molar-refractivity contribution in [1.82, 2.24) is 25.1 Å². The Kier molecular flexibility index (Phi) is 2.60. The molecular formula is C12H15ClN6. The van der Waals surface area contributed by atoms with E-state index < -0.39 is 0 Å². The normalized spacial score (nSPS) is 24.2. The number of aromatic amines is 1. The molecule has 0 radical (unpaired) electrons. The molecule has 0 aromatic carbocycles. The lowest BCUT2D eigenvalue weighted by molar-refractivity contribution is 0.326. The lowest BCUT2D eigenvalue weighted by Crippen LogP contribution is -2.28. The van der Waals surface area contributed by atoms with E-state index in [1.807, 2.05) is 0 Å². The summed E-state index contributed by atoms with van der Waals surface area (Å²) < 4.78 is 0. The summed E-state index contributed by atoms with van der Waals surface area (Å²) in [7, 11) is 0. The van der Waals surface area contributed by atoms with Gasteiger partial charge >= 0.3 is 0 Å². The van der Waals surface area contributed by atoms with Gasteiger partial charge in [-0.25, -0.2) is 0 Å². The summed E-state index contributed by atoms with van der Waals surface area (Å²) in [6.07, 6.45) is 5.61. The average Bonchev–Trinajstić information content (AvgIpc) is 2.95. The number of anilines is 1. The molecule has 7 heteroatoms. The first-order chi connectivity index (χ1) is 9.29. The van der Waals surface area contributed by atoms with Crippen molar-refractivity contribution in [1.29, 1.82) is 0 Å². The number of rotatable bonds is 3. The third-order valence-corrected chi connectivity index (χ3v) is 4.08. The van der Waals surface area contributed by atoms with Crippen LogP contribution in [-0.4, -0.2) is 50.2 Å². The second-order valence-corrected chi connectivity index (χ2v) is 5.67. The highest BCUT2D eigenvalue weighted by molar-refractivity contribution is 6.28. The predicted molar refractivity (Wildman–Crippen MR) is 73.3 cm³/mol. The van der Waals surface area contributed by atoms with Crippen molar-refractivity contribution in [2.75, 3.05) is 18.4 Å². The Hall–Kier alpha value is -1.40. The van der Waals surface area contributed by atoms with E-state index in [4.69, 9.17) is 11.6 Å². The summed E-state index contributed by atoms with van der Waals surface area (Å²) in [4.78, 5) is 11.0. The lowest BCUT2D eigenvalue weighted by atomic mass is 10.2. The van der Waals surface area contributed by atoms with Crippen molar-refractivity contribution < 1.29 is 0 Å². The Morgan fingerprint density at radius 1 is 1.32 bits per heavy atom. The number of likely N-dealkylation sites (tertiary alicyclic amines) is 1. The third-order valence-electron chi connectivity index (χ3n) is 3.91. The molecule has 19 heavy (non-hydrogen) atoms. The fourth-order valence-electron chi connectivity index (χ4n) is 2.79. The van der Waals surface area contributed by atoms with Crippen molar-refractivity contribution in [2.24, 2.45) is 0 Å². The van der Waals surface area contributed by atoms with Gasteiger partial charge in [0.05, 0.1) is 11.6 Å². The molecule has 1 saturated heterocycles. The summed E-state index contributed by atoms with van der Waals surface area (Å²) in [5.41, 5.74) is 0.680. The highest BCUT2D eigenvalue weighted by atomic mass is 35.5. The van der Waals surface area contributed by atoms with Crippen molar-refractivity contribution in [3.8, 4) is 0 Å². The van der Waals surface area contributed by atoms with Gasteiger partial charge < -0.3 is 5.32 Å². The highest BCUT2D eigenvalue weighted by Crippen LogP contribution is 2.31. The van der Waals surface area contributed by atoms with Gasteiger partial charge in [-0.1, -0.05) is 0 Å². The van der Waals surface area contributed by atoms with Gasteiger partial charge in [0.2, 0.25) is 5.28 Å². The van der Waals surface area contributed by atoms with Gasteiger partial charge in [0.1, 0.15) is 5.82 Å². The van der Waals surface area contributed by atoms with Crippen LogP contribution in [0.25, 0.3) is 11.0 Å². The van der Waals surface area contributed by atoms with Gasteiger partial charge in [0, 0.05) is 25.2 Å². The number of nitrogens with one attached hydrogen (secondary N) is 2. The fourth-order valence-corrected chi connectivity index (χ4v) is 2.96. The molecule has 2 fully saturated rings. The monoisotopic (exact) mass is 278 g/mol. The van der Waals surface area contributed by atoms with Crippen LogP contribution in [0.1, 0.15) is 19.3 Å². The van der Waals surface area contributed by atoms with E-state index >= 15 is 0 Å². The van der Waals surface area contributed by atoms with E-state index in [2.05, 4.69) is 30.4 Å². The molecule has 2 aromatic rings. The van der Waals surface area contributed by atoms with Gasteiger partial charge in [-0.2, -0.15) is 15.1 Å². The van der Waals surface area contributed by atoms with Gasteiger partial charge in [0.25, 0.3) is 0 Å². The maximum atomic E-state index is 5.93. The van der Waals surface area contributed by atoms with Crippen molar-refractivity contribution in [2.45, 2.75) is 31.3 Å². The molecule has 0 spiro atoms. The smallest absolute Gasteiger partial charge is 0.226 e. The quantitative estimate of drug-likeness (QED) is 0.836. The van der Waals surface area contributed by atoms with Gasteiger partial charge in [-0.3, -0.25) is 10.00 Å². The zero-order valence-electron chi connectivity index (χ0n) is 10.4. The SMILES string of the molecule is Clc1nc(NC2CCN(C3CC3)C2)c2cn[nH]c2n1. The molecule has 2 aliphatic rings. The maximum Gasteiger partial charge on any atom is 0.226 e. The minimum Gasteiger partial charge on any atom is -0.365 e. The van der Waals surface area contributed by atoms with Crippen molar-refractivity contribution >= 4 is 28.5 Å². The molecule has 4 rings (SSSR count). The summed E-state index contributed by atoms with van der Waals surface area (Å²) in [6, 6.07) is 1.26. The topological polar surface area (TPSA) is 69.7 Å². The number of halogens is 1. The fraction of sp³-hybridized carbons (Fsp3) is 0.583. The van der Waals surface area contributed by atoms with Crippen LogP contribution in [0.2, 0.25) is 5.28 Å². The molecule has 0 amide bonds. The minimum atomic E-state index is 0.247. The van der Waals surface area contributed by atoms with Gasteiger partial charge in [-0.15, -0.1) is 0 Å². The summed E-state index contributed by atoms with van der Waals surface area (Å²) in [5.74, 6) is 0.784. The molecular weight excluding hydrogens is 264 g/mol. The number of fused-ring (bicyclic) bond motifs is 1. The Morgan fingerprint density at radius 2 is 2.21 bits per heavy atom. The number of aromatic nitrogens is 4. The molecule has 1 unspecified atom stereocenters. The van der Waals surface area contributed by atoms with E-state index in [1.54, 1.807) is 6.20 Å². The first-order valence-corrected chi connectivity index (χ1v) is 7.04. The molecule has 2 N–H and O–H groups in total. The second-order valence-electron chi connectivity index (χ2n) is 5.33. The Labute approximate surface area is 115 Å². The Balaban J connectivity index is 1.56. The van der Waals surface area contributed by atoms with Crippen LogP contribution < -0.4 is 5.32 Å². The first-order valence-electron chi connectivity index (χ1n) is 6.67. The van der Waals surface area contributed by atoms with E-state index in [0.29, 0.717) is 11.7 Å². The molecule has 1 aliphatic heterocycles. The molecule has 3 heterocycles. The minimum absolute atomic E-state index is 0.247. The van der Waals surface area contributed by atoms with E-state index in [-0.39, 0.29) is 5.28 Å². The average molecular weight is 279 g/mol. The number of hydrogen-bond acceptors (Lipinski definition) is 5. The van der Waals surface area contributed by atoms with E-state index in [9.17, 15) is 0 Å². The first kappa shape index (κ1) is 11.4. The van der Waals surface area contributed by atoms with Crippen LogP contribution in [0.3, 0.4) is 0 Å². The standard InChI is InChI=1S/C12H15ClN6/c13-12-16-10(9-5-14-18-11(9)17-12)15-7-3-4-19(6-7)8-1-2-8/h5,7-8H,1-4,6H2,(H2,14,15,16,17,18). The molecule has 1 atom stereocenters. The van der Waals surface area contributed by atoms with Crippen LogP contribution in [0.5, 0.6) is 0 Å². The molecule has 0 bridgehead atoms. The van der Waals surface area contributed by atoms with Crippen LogP contribution in [-0.2, 0) is 0 Å². The molecule has 1 aliphatic carbocycles. The Morgan fingerprint density at radius 3 is 3.05 bits per heavy atom. The zero-order valence-corrected chi connectivity index (χ0v) is 11.2. The number of nitrogens with zero attached hydrogens (tertiary/aromatic N) is 4. The summed E-state index contributed by atoms with van der Waals surface area (Å²) in [5, 5.41) is 11.5. The summed E-state index contributed by atoms with van der Waals surface area (Å²) in [6.45, 7) is 2.27. The second kappa shape index (κ2) is 4.31.